The quantitative estimate of drug-likeness (QED) is 0.406. The summed E-state index contributed by atoms with van der Waals surface area (Å²) in [6, 6.07) is 0. The third-order valence-corrected chi connectivity index (χ3v) is 0. The molecular formula is C6H15Rh. The van der Waals surface area contributed by atoms with Gasteiger partial charge in [0.25, 0.3) is 0 Å². The molecule has 0 rings (SSSR count). The van der Waals surface area contributed by atoms with Crippen LogP contribution in [0.3, 0.4) is 0 Å². The normalized spacial score (nSPS) is 2.57. The largest absolute Gasteiger partial charge is 3.00 e. The monoisotopic (exact) mass is 190 g/mol. The summed E-state index contributed by atoms with van der Waals surface area (Å²) in [7, 11) is 0. The minimum Gasteiger partial charge on any atom is -0.346 e. The van der Waals surface area contributed by atoms with Gasteiger partial charge in [0.05, 0.1) is 0 Å². The summed E-state index contributed by atoms with van der Waals surface area (Å²) < 4.78 is 0. The van der Waals surface area contributed by atoms with Crippen LogP contribution in [0.5, 0.6) is 0 Å². The Morgan fingerprint density at radius 1 is 0.571 bits per heavy atom. The van der Waals surface area contributed by atoms with Crippen molar-refractivity contribution in [2.75, 3.05) is 0 Å². The van der Waals surface area contributed by atoms with Gasteiger partial charge in [-0.05, 0) is 0 Å². The van der Waals surface area contributed by atoms with Crippen LogP contribution < -0.4 is 0 Å². The van der Waals surface area contributed by atoms with E-state index in [9.17, 15) is 0 Å². The van der Waals surface area contributed by atoms with Gasteiger partial charge in [0, 0.05) is 0 Å². The molecule has 0 spiro atoms. The maximum Gasteiger partial charge on any atom is 3.00 e. The molecule has 0 unspecified atom stereocenters. The predicted molar refractivity (Wildman–Crippen MR) is 33.1 cm³/mol. The van der Waals surface area contributed by atoms with Crippen LogP contribution in [0, 0.1) is 20.8 Å². The Morgan fingerprint density at radius 3 is 0.571 bits per heavy atom. The average Bonchev–Trinajstić information content (AvgIpc) is 1.81. The molecule has 0 aromatic carbocycles. The molecule has 0 aliphatic rings. The second-order valence-electron chi connectivity index (χ2n) is 0. The van der Waals surface area contributed by atoms with E-state index in [4.69, 9.17) is 0 Å². The van der Waals surface area contributed by atoms with Crippen LogP contribution in [0.25, 0.3) is 0 Å². The minimum atomic E-state index is 0. The zero-order valence-corrected chi connectivity index (χ0v) is 7.09. The molecule has 0 aliphatic heterocycles. The van der Waals surface area contributed by atoms with Gasteiger partial charge in [-0.15, -0.1) is 0 Å². The average molecular weight is 190 g/mol. The maximum absolute atomic E-state index is 3.25. The van der Waals surface area contributed by atoms with Gasteiger partial charge in [0.2, 0.25) is 0 Å². The van der Waals surface area contributed by atoms with E-state index < -0.39 is 0 Å². The van der Waals surface area contributed by atoms with Crippen molar-refractivity contribution in [3.05, 3.63) is 20.8 Å². The molecule has 0 bridgehead atoms. The molecule has 0 aliphatic carbocycles. The molecule has 0 saturated heterocycles. The maximum atomic E-state index is 3.25. The van der Waals surface area contributed by atoms with Crippen molar-refractivity contribution in [3.8, 4) is 0 Å². The van der Waals surface area contributed by atoms with Crippen molar-refractivity contribution >= 4 is 0 Å². The smallest absolute Gasteiger partial charge is 0.346 e. The van der Waals surface area contributed by atoms with Gasteiger partial charge in [-0.2, -0.15) is 20.8 Å². The Labute approximate surface area is 61.5 Å². The van der Waals surface area contributed by atoms with Gasteiger partial charge in [-0.3, -0.25) is 0 Å². The molecule has 0 aromatic heterocycles. The molecule has 0 radical (unpaired) electrons. The fourth-order valence-electron chi connectivity index (χ4n) is 0. The molecule has 0 amide bonds. The summed E-state index contributed by atoms with van der Waals surface area (Å²) in [6.45, 7) is 15.0. The number of hydrogen-bond donors (Lipinski definition) is 0. The fourth-order valence-corrected chi connectivity index (χ4v) is 0. The van der Waals surface area contributed by atoms with E-state index in [2.05, 4.69) is 20.8 Å². The van der Waals surface area contributed by atoms with Gasteiger partial charge >= 0.3 is 19.5 Å². The molecule has 0 aromatic rings. The third kappa shape index (κ3) is 364. The van der Waals surface area contributed by atoms with Gasteiger partial charge in [0.1, 0.15) is 0 Å². The van der Waals surface area contributed by atoms with Crippen molar-refractivity contribution in [3.63, 3.8) is 0 Å². The second-order valence-corrected chi connectivity index (χ2v) is 0. The molecule has 7 heavy (non-hydrogen) atoms. The molecule has 0 fully saturated rings. The fraction of sp³-hybridized carbons (Fsp3) is 0.500. The van der Waals surface area contributed by atoms with E-state index in [0.717, 1.165) is 0 Å². The van der Waals surface area contributed by atoms with Crippen LogP contribution in [0.4, 0.5) is 0 Å². The summed E-state index contributed by atoms with van der Waals surface area (Å²) in [5.74, 6) is 0. The van der Waals surface area contributed by atoms with Gasteiger partial charge in [0.15, 0.2) is 0 Å². The van der Waals surface area contributed by atoms with E-state index in [-0.39, 0.29) is 19.5 Å². The van der Waals surface area contributed by atoms with Crippen molar-refractivity contribution in [1.82, 2.24) is 0 Å². The minimum absolute atomic E-state index is 0. The summed E-state index contributed by atoms with van der Waals surface area (Å²) >= 11 is 0. The Hall–Kier alpha value is 0.623. The van der Waals surface area contributed by atoms with Gasteiger partial charge in [-0.25, -0.2) is 0 Å². The van der Waals surface area contributed by atoms with E-state index in [1.54, 1.807) is 20.8 Å². The Balaban J connectivity index is -0.00000000900. The standard InChI is InChI=1S/3C2H5.Rh/c3*1-2;/h3*1H2,2H3;/q3*-1;+3. The Kier molecular flexibility index (Phi) is 1960. The van der Waals surface area contributed by atoms with E-state index in [1.807, 2.05) is 0 Å². The van der Waals surface area contributed by atoms with Crippen LogP contribution >= 0.6 is 0 Å². The van der Waals surface area contributed by atoms with Crippen molar-refractivity contribution in [2.45, 2.75) is 20.8 Å². The molecular weight excluding hydrogens is 175 g/mol. The number of rotatable bonds is 0. The Bertz CT molecular complexity index is 4.14. The Morgan fingerprint density at radius 2 is 0.571 bits per heavy atom. The molecule has 48 valence electrons. The summed E-state index contributed by atoms with van der Waals surface area (Å²) in [5, 5.41) is 0. The van der Waals surface area contributed by atoms with E-state index in [0.29, 0.717) is 0 Å². The molecule has 0 heterocycles. The molecule has 0 saturated carbocycles. The first kappa shape index (κ1) is 25.5. The first-order chi connectivity index (χ1) is 3.00. The predicted octanol–water partition coefficient (Wildman–Crippen LogP) is 2.52. The summed E-state index contributed by atoms with van der Waals surface area (Å²) in [5.41, 5.74) is 0. The molecule has 0 nitrogen and oxygen atoms in total. The van der Waals surface area contributed by atoms with E-state index >= 15 is 0 Å². The topological polar surface area (TPSA) is 0 Å². The van der Waals surface area contributed by atoms with Crippen molar-refractivity contribution in [2.24, 2.45) is 0 Å². The molecule has 0 N–H and O–H groups in total. The second kappa shape index (κ2) is 539. The van der Waals surface area contributed by atoms with Crippen LogP contribution in [0.15, 0.2) is 0 Å². The van der Waals surface area contributed by atoms with Crippen LogP contribution in [0.2, 0.25) is 0 Å². The van der Waals surface area contributed by atoms with E-state index in [1.165, 1.54) is 0 Å². The summed E-state index contributed by atoms with van der Waals surface area (Å²) in [4.78, 5) is 0. The van der Waals surface area contributed by atoms with Crippen LogP contribution in [-0.4, -0.2) is 0 Å². The van der Waals surface area contributed by atoms with Gasteiger partial charge < -0.3 is 20.8 Å². The molecule has 0 atom stereocenters. The molecule has 1 heteroatoms. The SMILES string of the molecule is [CH2-]C.[CH2-]C.[CH2-]C.[Rh+3]. The first-order valence-electron chi connectivity index (χ1n) is 2.12. The van der Waals surface area contributed by atoms with Gasteiger partial charge in [-0.1, -0.05) is 0 Å². The van der Waals surface area contributed by atoms with Crippen LogP contribution in [-0.2, 0) is 19.5 Å². The van der Waals surface area contributed by atoms with Crippen LogP contribution in [0.1, 0.15) is 20.8 Å². The number of hydrogen-bond acceptors (Lipinski definition) is 0. The first-order valence-corrected chi connectivity index (χ1v) is 2.12. The third-order valence-electron chi connectivity index (χ3n) is 0. The summed E-state index contributed by atoms with van der Waals surface area (Å²) in [6.07, 6.45) is 0. The van der Waals surface area contributed by atoms with Crippen molar-refractivity contribution < 1.29 is 19.5 Å². The zero-order valence-electron chi connectivity index (χ0n) is 5.45. The van der Waals surface area contributed by atoms with Crippen molar-refractivity contribution in [1.29, 1.82) is 0 Å². The zero-order chi connectivity index (χ0) is 6.00.